The highest BCUT2D eigenvalue weighted by Crippen LogP contribution is 2.19. The van der Waals surface area contributed by atoms with Crippen molar-refractivity contribution in [2.75, 3.05) is 38.2 Å². The molecule has 32 heavy (non-hydrogen) atoms. The number of carbonyl (C=O) groups is 3. The van der Waals surface area contributed by atoms with Crippen LogP contribution in [0.3, 0.4) is 0 Å². The topological polar surface area (TPSA) is 109 Å². The van der Waals surface area contributed by atoms with Gasteiger partial charge in [-0.1, -0.05) is 30.3 Å². The summed E-state index contributed by atoms with van der Waals surface area (Å²) >= 11 is 0. The summed E-state index contributed by atoms with van der Waals surface area (Å²) in [5.74, 6) is -1.41. The van der Waals surface area contributed by atoms with E-state index in [9.17, 15) is 14.4 Å². The number of ether oxygens (including phenoxy) is 2. The van der Waals surface area contributed by atoms with Gasteiger partial charge in [-0.05, 0) is 37.1 Å². The molecule has 1 aliphatic rings. The first-order valence-corrected chi connectivity index (χ1v) is 10.2. The minimum Gasteiger partial charge on any atom is -0.483 e. The molecular weight excluding hydrogens is 412 g/mol. The van der Waals surface area contributed by atoms with Gasteiger partial charge in [0.1, 0.15) is 5.75 Å². The number of benzene rings is 2. The number of anilines is 1. The zero-order valence-electron chi connectivity index (χ0n) is 18.1. The van der Waals surface area contributed by atoms with Gasteiger partial charge in [0.25, 0.3) is 5.91 Å². The number of aryl methyl sites for hydroxylation is 2. The van der Waals surface area contributed by atoms with Gasteiger partial charge in [0.05, 0.1) is 19.4 Å². The van der Waals surface area contributed by atoms with Crippen LogP contribution in [-0.2, 0) is 19.1 Å². The molecule has 0 aliphatic carbocycles. The third kappa shape index (κ3) is 6.14. The summed E-state index contributed by atoms with van der Waals surface area (Å²) in [4.78, 5) is 38.2. The Balaban J connectivity index is 1.55. The van der Waals surface area contributed by atoms with Crippen LogP contribution < -0.4 is 15.5 Å². The van der Waals surface area contributed by atoms with E-state index in [1.54, 1.807) is 29.2 Å². The summed E-state index contributed by atoms with van der Waals surface area (Å²) in [5.41, 5.74) is 5.07. The molecular formula is C23H26N4O5. The number of rotatable bonds is 6. The van der Waals surface area contributed by atoms with E-state index in [0.29, 0.717) is 43.3 Å². The maximum absolute atomic E-state index is 12.3. The molecule has 2 aromatic rings. The molecule has 1 fully saturated rings. The average molecular weight is 438 g/mol. The maximum atomic E-state index is 12.3. The third-order valence-electron chi connectivity index (χ3n) is 4.93. The van der Waals surface area contributed by atoms with Crippen molar-refractivity contribution in [3.05, 3.63) is 59.2 Å². The highest BCUT2D eigenvalue weighted by Gasteiger charge is 2.18. The van der Waals surface area contributed by atoms with Gasteiger partial charge < -0.3 is 19.7 Å². The van der Waals surface area contributed by atoms with Crippen molar-refractivity contribution < 1.29 is 23.9 Å². The first kappa shape index (κ1) is 23.0. The zero-order valence-corrected chi connectivity index (χ0v) is 18.1. The van der Waals surface area contributed by atoms with Crippen molar-refractivity contribution in [3.63, 3.8) is 0 Å². The third-order valence-corrected chi connectivity index (χ3v) is 4.93. The Hall–Kier alpha value is -3.72. The van der Waals surface area contributed by atoms with Crippen LogP contribution in [0.2, 0.25) is 0 Å². The van der Waals surface area contributed by atoms with Crippen LogP contribution in [0.4, 0.5) is 5.69 Å². The number of hydrogen-bond acceptors (Lipinski definition) is 6. The Bertz CT molecular complexity index is 995. The molecule has 2 aromatic carbocycles. The number of nitrogens with one attached hydrogen (secondary N) is 2. The van der Waals surface area contributed by atoms with Crippen LogP contribution in [0, 0.1) is 13.8 Å². The number of hydrogen-bond donors (Lipinski definition) is 2. The van der Waals surface area contributed by atoms with Crippen LogP contribution >= 0.6 is 0 Å². The van der Waals surface area contributed by atoms with Gasteiger partial charge in [-0.2, -0.15) is 5.10 Å². The molecule has 1 heterocycles. The van der Waals surface area contributed by atoms with E-state index in [0.717, 1.165) is 11.1 Å². The second-order valence-corrected chi connectivity index (χ2v) is 7.24. The molecule has 0 radical (unpaired) electrons. The van der Waals surface area contributed by atoms with E-state index < -0.39 is 11.8 Å². The summed E-state index contributed by atoms with van der Waals surface area (Å²) in [6, 6.07) is 12.5. The molecule has 0 spiro atoms. The van der Waals surface area contributed by atoms with Crippen molar-refractivity contribution in [1.29, 1.82) is 0 Å². The molecule has 0 bridgehead atoms. The van der Waals surface area contributed by atoms with E-state index in [4.69, 9.17) is 9.47 Å². The lowest BCUT2D eigenvalue weighted by Gasteiger charge is -2.26. The number of nitrogens with zero attached hydrogens (tertiary/aromatic N) is 2. The van der Waals surface area contributed by atoms with E-state index >= 15 is 0 Å². The molecule has 2 N–H and O–H groups in total. The molecule has 1 saturated heterocycles. The lowest BCUT2D eigenvalue weighted by atomic mass is 10.1. The fourth-order valence-electron chi connectivity index (χ4n) is 3.16. The van der Waals surface area contributed by atoms with Gasteiger partial charge in [-0.25, -0.2) is 5.43 Å². The van der Waals surface area contributed by atoms with Crippen molar-refractivity contribution >= 4 is 29.6 Å². The Labute approximate surface area is 186 Å². The number of hydrazone groups is 1. The average Bonchev–Trinajstić information content (AvgIpc) is 2.81. The van der Waals surface area contributed by atoms with Crippen molar-refractivity contribution in [2.24, 2.45) is 5.10 Å². The number of carbonyl (C=O) groups excluding carboxylic acids is 3. The second-order valence-electron chi connectivity index (χ2n) is 7.24. The molecule has 3 rings (SSSR count). The largest absolute Gasteiger partial charge is 0.483 e. The maximum Gasteiger partial charge on any atom is 0.329 e. The minimum absolute atomic E-state index is 0.116. The van der Waals surface area contributed by atoms with Crippen molar-refractivity contribution in [1.82, 2.24) is 10.3 Å². The predicted molar refractivity (Wildman–Crippen MR) is 120 cm³/mol. The van der Waals surface area contributed by atoms with Crippen LogP contribution in [0.15, 0.2) is 47.6 Å². The van der Waals surface area contributed by atoms with Crippen LogP contribution in [-0.4, -0.2) is 61.7 Å². The Morgan fingerprint density at radius 3 is 2.44 bits per heavy atom. The number of para-hydroxylation sites is 2. The molecule has 0 saturated carbocycles. The van der Waals surface area contributed by atoms with Gasteiger partial charge in [-0.3, -0.25) is 14.4 Å². The second kappa shape index (κ2) is 11.1. The summed E-state index contributed by atoms with van der Waals surface area (Å²) in [6.07, 6.45) is 1.36. The standard InChI is InChI=1S/C23H26N4O5/c1-16-6-5-7-17(2)21(16)25-22(29)23(30)26-24-14-18-8-3-4-9-19(18)32-15-20(28)27-10-12-31-13-11-27/h3-9,14H,10-13,15H2,1-2H3,(H,25,29)(H,26,30)/b24-14-. The van der Waals surface area contributed by atoms with Crippen LogP contribution in [0.5, 0.6) is 5.75 Å². The first-order valence-electron chi connectivity index (χ1n) is 10.2. The van der Waals surface area contributed by atoms with E-state index in [2.05, 4.69) is 15.8 Å². The summed E-state index contributed by atoms with van der Waals surface area (Å²) in [6.45, 7) is 5.70. The Morgan fingerprint density at radius 1 is 1.03 bits per heavy atom. The highest BCUT2D eigenvalue weighted by atomic mass is 16.5. The Kier molecular flexibility index (Phi) is 7.93. The quantitative estimate of drug-likeness (QED) is 0.405. The predicted octanol–water partition coefficient (Wildman–Crippen LogP) is 1.63. The fourth-order valence-corrected chi connectivity index (χ4v) is 3.16. The lowest BCUT2D eigenvalue weighted by Crippen LogP contribution is -2.43. The molecule has 0 unspecified atom stereocenters. The molecule has 9 heteroatoms. The SMILES string of the molecule is Cc1cccc(C)c1NC(=O)C(=O)N/N=C\c1ccccc1OCC(=O)N1CCOCC1. The highest BCUT2D eigenvalue weighted by molar-refractivity contribution is 6.39. The van der Waals surface area contributed by atoms with Crippen molar-refractivity contribution in [2.45, 2.75) is 13.8 Å². The van der Waals surface area contributed by atoms with Gasteiger partial charge in [0, 0.05) is 24.3 Å². The fraction of sp³-hybridized carbons (Fsp3) is 0.304. The smallest absolute Gasteiger partial charge is 0.329 e. The van der Waals surface area contributed by atoms with Crippen molar-refractivity contribution in [3.8, 4) is 5.75 Å². The molecule has 0 atom stereocenters. The first-order chi connectivity index (χ1) is 15.5. The summed E-state index contributed by atoms with van der Waals surface area (Å²) in [7, 11) is 0. The zero-order chi connectivity index (χ0) is 22.9. The molecule has 168 valence electrons. The molecule has 3 amide bonds. The van der Waals surface area contributed by atoms with E-state index in [1.165, 1.54) is 6.21 Å². The van der Waals surface area contributed by atoms with Gasteiger partial charge in [0.15, 0.2) is 6.61 Å². The lowest BCUT2D eigenvalue weighted by molar-refractivity contribution is -0.137. The summed E-state index contributed by atoms with van der Waals surface area (Å²) in [5, 5.41) is 6.45. The van der Waals surface area contributed by atoms with Gasteiger partial charge in [-0.15, -0.1) is 0 Å². The van der Waals surface area contributed by atoms with Crippen LogP contribution in [0.25, 0.3) is 0 Å². The normalized spacial score (nSPS) is 13.6. The summed E-state index contributed by atoms with van der Waals surface area (Å²) < 4.78 is 10.9. The van der Waals surface area contributed by atoms with Gasteiger partial charge in [0.2, 0.25) is 0 Å². The molecule has 9 nitrogen and oxygen atoms in total. The molecule has 0 aromatic heterocycles. The molecule has 1 aliphatic heterocycles. The monoisotopic (exact) mass is 438 g/mol. The van der Waals surface area contributed by atoms with E-state index in [1.807, 2.05) is 32.0 Å². The number of amides is 3. The van der Waals surface area contributed by atoms with Gasteiger partial charge >= 0.3 is 11.8 Å². The van der Waals surface area contributed by atoms with Crippen LogP contribution in [0.1, 0.15) is 16.7 Å². The Morgan fingerprint density at radius 2 is 1.72 bits per heavy atom. The number of morpholine rings is 1. The van der Waals surface area contributed by atoms with E-state index in [-0.39, 0.29) is 12.5 Å². The minimum atomic E-state index is -0.898.